The van der Waals surface area contributed by atoms with Crippen LogP contribution in [-0.2, 0) is 11.3 Å². The first-order valence-electron chi connectivity index (χ1n) is 10.7. The van der Waals surface area contributed by atoms with E-state index < -0.39 is 5.97 Å². The van der Waals surface area contributed by atoms with Crippen molar-refractivity contribution in [3.63, 3.8) is 0 Å². The zero-order valence-electron chi connectivity index (χ0n) is 19.3. The van der Waals surface area contributed by atoms with Crippen molar-refractivity contribution in [2.45, 2.75) is 13.5 Å². The molecule has 9 nitrogen and oxygen atoms in total. The standard InChI is InChI=1S/C25H22BrN5O4/c1-4-35-24(32)19-14-31-23(29-19)21(26)22(16-7-5-6-15(10-16)12-27)30-25(31)28-13-17-8-9-18(33-2)11-20(17)34-3/h5-11,14H,4,13H2,1-3H3,(H,28,30). The molecule has 0 aliphatic rings. The molecule has 2 aromatic heterocycles. The molecule has 178 valence electrons. The molecule has 2 aromatic carbocycles. The van der Waals surface area contributed by atoms with Crippen LogP contribution < -0.4 is 14.8 Å². The molecule has 0 saturated carbocycles. The van der Waals surface area contributed by atoms with Crippen LogP contribution in [0, 0.1) is 11.3 Å². The number of benzene rings is 2. The van der Waals surface area contributed by atoms with Crippen molar-refractivity contribution in [3.8, 4) is 28.8 Å². The lowest BCUT2D eigenvalue weighted by Gasteiger charge is -2.14. The number of esters is 1. The number of aromatic nitrogens is 3. The average molecular weight is 536 g/mol. The van der Waals surface area contributed by atoms with Gasteiger partial charge in [-0.3, -0.25) is 4.40 Å². The van der Waals surface area contributed by atoms with E-state index in [2.05, 4.69) is 32.3 Å². The first-order chi connectivity index (χ1) is 17.0. The Balaban J connectivity index is 1.82. The Morgan fingerprint density at radius 3 is 2.71 bits per heavy atom. The number of anilines is 1. The molecule has 0 spiro atoms. The van der Waals surface area contributed by atoms with Gasteiger partial charge in [0.2, 0.25) is 5.95 Å². The van der Waals surface area contributed by atoms with Gasteiger partial charge in [-0.15, -0.1) is 0 Å². The molecule has 0 aliphatic carbocycles. The predicted molar refractivity (Wildman–Crippen MR) is 134 cm³/mol. The maximum absolute atomic E-state index is 12.4. The number of halogens is 1. The van der Waals surface area contributed by atoms with Crippen molar-refractivity contribution in [2.75, 3.05) is 26.1 Å². The lowest BCUT2D eigenvalue weighted by molar-refractivity contribution is 0.0520. The summed E-state index contributed by atoms with van der Waals surface area (Å²) in [4.78, 5) is 21.7. The van der Waals surface area contributed by atoms with E-state index >= 15 is 0 Å². The summed E-state index contributed by atoms with van der Waals surface area (Å²) in [7, 11) is 3.19. The Morgan fingerprint density at radius 1 is 1.17 bits per heavy atom. The van der Waals surface area contributed by atoms with Crippen LogP contribution in [0.5, 0.6) is 11.5 Å². The first-order valence-corrected chi connectivity index (χ1v) is 11.5. The number of imidazole rings is 1. The van der Waals surface area contributed by atoms with E-state index in [-0.39, 0.29) is 12.3 Å². The number of ether oxygens (including phenoxy) is 3. The first kappa shape index (κ1) is 24.0. The van der Waals surface area contributed by atoms with Crippen LogP contribution in [0.15, 0.2) is 53.1 Å². The third-order valence-corrected chi connectivity index (χ3v) is 5.97. The number of nitrogens with zero attached hydrogens (tertiary/aromatic N) is 4. The third-order valence-electron chi connectivity index (χ3n) is 5.24. The summed E-state index contributed by atoms with van der Waals surface area (Å²) in [5.74, 6) is 1.26. The number of methoxy groups -OCH3 is 2. The molecule has 0 radical (unpaired) electrons. The fourth-order valence-electron chi connectivity index (χ4n) is 3.54. The molecule has 0 atom stereocenters. The van der Waals surface area contributed by atoms with E-state index in [1.54, 1.807) is 56.0 Å². The van der Waals surface area contributed by atoms with Crippen LogP contribution in [0.4, 0.5) is 5.95 Å². The second-order valence-corrected chi connectivity index (χ2v) is 8.16. The molecule has 4 aromatic rings. The van der Waals surface area contributed by atoms with Gasteiger partial charge in [0, 0.05) is 29.9 Å². The van der Waals surface area contributed by atoms with Gasteiger partial charge in [-0.05, 0) is 47.1 Å². The van der Waals surface area contributed by atoms with E-state index in [0.717, 1.165) is 11.1 Å². The van der Waals surface area contributed by atoms with Crippen LogP contribution in [-0.4, -0.2) is 41.2 Å². The van der Waals surface area contributed by atoms with E-state index in [9.17, 15) is 10.1 Å². The molecule has 4 rings (SSSR count). The summed E-state index contributed by atoms with van der Waals surface area (Å²) in [6.45, 7) is 2.35. The summed E-state index contributed by atoms with van der Waals surface area (Å²) < 4.78 is 18.2. The number of carbonyl (C=O) groups excluding carboxylic acids is 1. The number of hydrogen-bond acceptors (Lipinski definition) is 8. The van der Waals surface area contributed by atoms with Gasteiger partial charge in [0.1, 0.15) is 11.5 Å². The minimum Gasteiger partial charge on any atom is -0.497 e. The smallest absolute Gasteiger partial charge is 0.358 e. The van der Waals surface area contributed by atoms with E-state index in [1.165, 1.54) is 0 Å². The lowest BCUT2D eigenvalue weighted by Crippen LogP contribution is -2.09. The molecule has 10 heteroatoms. The molecule has 0 bridgehead atoms. The summed E-state index contributed by atoms with van der Waals surface area (Å²) in [6.07, 6.45) is 1.58. The molecule has 0 aliphatic heterocycles. The quantitative estimate of drug-likeness (QED) is 0.319. The molecule has 0 amide bonds. The van der Waals surface area contributed by atoms with E-state index in [4.69, 9.17) is 19.2 Å². The molecule has 35 heavy (non-hydrogen) atoms. The summed E-state index contributed by atoms with van der Waals surface area (Å²) >= 11 is 3.59. The Morgan fingerprint density at radius 2 is 2.00 bits per heavy atom. The minimum absolute atomic E-state index is 0.155. The number of rotatable bonds is 8. The van der Waals surface area contributed by atoms with Gasteiger partial charge in [0.15, 0.2) is 11.3 Å². The largest absolute Gasteiger partial charge is 0.497 e. The van der Waals surface area contributed by atoms with Gasteiger partial charge in [-0.2, -0.15) is 5.26 Å². The Hall–Kier alpha value is -4.10. The second kappa shape index (κ2) is 10.4. The normalized spacial score (nSPS) is 10.6. The minimum atomic E-state index is -0.529. The summed E-state index contributed by atoms with van der Waals surface area (Å²) in [5, 5.41) is 12.7. The van der Waals surface area contributed by atoms with Gasteiger partial charge in [-0.25, -0.2) is 14.8 Å². The van der Waals surface area contributed by atoms with Crippen molar-refractivity contribution in [2.24, 2.45) is 0 Å². The van der Waals surface area contributed by atoms with Gasteiger partial charge >= 0.3 is 5.97 Å². The topological polar surface area (TPSA) is 111 Å². The SMILES string of the molecule is CCOC(=O)c1cn2c(NCc3ccc(OC)cc3OC)nc(-c3cccc(C#N)c3)c(Br)c2n1. The van der Waals surface area contributed by atoms with Crippen LogP contribution in [0.3, 0.4) is 0 Å². The fourth-order valence-corrected chi connectivity index (χ4v) is 4.14. The molecule has 0 saturated heterocycles. The van der Waals surface area contributed by atoms with Crippen molar-refractivity contribution < 1.29 is 19.0 Å². The fraction of sp³-hybridized carbons (Fsp3) is 0.200. The van der Waals surface area contributed by atoms with E-state index in [0.29, 0.717) is 45.4 Å². The van der Waals surface area contributed by atoms with Crippen LogP contribution >= 0.6 is 15.9 Å². The Bertz CT molecular complexity index is 1440. The van der Waals surface area contributed by atoms with Crippen molar-refractivity contribution >= 4 is 33.5 Å². The number of hydrogen-bond donors (Lipinski definition) is 1. The summed E-state index contributed by atoms with van der Waals surface area (Å²) in [6, 6.07) is 14.8. The van der Waals surface area contributed by atoms with Gasteiger partial charge in [-0.1, -0.05) is 12.1 Å². The molecular weight excluding hydrogens is 514 g/mol. The van der Waals surface area contributed by atoms with Crippen LogP contribution in [0.25, 0.3) is 16.9 Å². The highest BCUT2D eigenvalue weighted by Crippen LogP contribution is 2.33. The zero-order chi connectivity index (χ0) is 24.9. The van der Waals surface area contributed by atoms with Crippen LogP contribution in [0.2, 0.25) is 0 Å². The van der Waals surface area contributed by atoms with Gasteiger partial charge in [0.25, 0.3) is 0 Å². The number of nitriles is 1. The monoisotopic (exact) mass is 535 g/mol. The highest BCUT2D eigenvalue weighted by atomic mass is 79.9. The average Bonchev–Trinajstić information content (AvgIpc) is 3.35. The van der Waals surface area contributed by atoms with Crippen molar-refractivity contribution in [3.05, 3.63) is 70.0 Å². The van der Waals surface area contributed by atoms with Crippen molar-refractivity contribution in [1.29, 1.82) is 5.26 Å². The molecule has 2 heterocycles. The predicted octanol–water partition coefficient (Wildman–Crippen LogP) is 4.84. The molecule has 0 fully saturated rings. The second-order valence-electron chi connectivity index (χ2n) is 7.36. The highest BCUT2D eigenvalue weighted by molar-refractivity contribution is 9.10. The van der Waals surface area contributed by atoms with Gasteiger partial charge in [0.05, 0.1) is 42.6 Å². The highest BCUT2D eigenvalue weighted by Gasteiger charge is 2.20. The lowest BCUT2D eigenvalue weighted by atomic mass is 10.1. The number of carbonyl (C=O) groups is 1. The number of fused-ring (bicyclic) bond motifs is 1. The van der Waals surface area contributed by atoms with Crippen LogP contribution in [0.1, 0.15) is 28.5 Å². The molecule has 0 unspecified atom stereocenters. The maximum Gasteiger partial charge on any atom is 0.358 e. The van der Waals surface area contributed by atoms with E-state index in [1.807, 2.05) is 18.2 Å². The summed E-state index contributed by atoms with van der Waals surface area (Å²) in [5.41, 5.74) is 3.31. The molecular formula is C25H22BrN5O4. The van der Waals surface area contributed by atoms with Crippen molar-refractivity contribution in [1.82, 2.24) is 14.4 Å². The Kier molecular flexibility index (Phi) is 7.17. The zero-order valence-corrected chi connectivity index (χ0v) is 20.9. The maximum atomic E-state index is 12.4. The number of nitrogens with one attached hydrogen (secondary N) is 1. The molecule has 1 N–H and O–H groups in total. The third kappa shape index (κ3) is 4.90. The Labute approximate surface area is 210 Å². The van der Waals surface area contributed by atoms with Gasteiger partial charge < -0.3 is 19.5 Å².